The van der Waals surface area contributed by atoms with Crippen molar-refractivity contribution < 1.29 is 18.7 Å². The van der Waals surface area contributed by atoms with Gasteiger partial charge in [-0.3, -0.25) is 9.69 Å². The number of nitrogens with one attached hydrogen (secondary N) is 1. The van der Waals surface area contributed by atoms with Crippen LogP contribution in [-0.4, -0.2) is 46.1 Å². The normalized spacial score (nSPS) is 21.3. The van der Waals surface area contributed by atoms with Gasteiger partial charge in [0.2, 0.25) is 0 Å². The van der Waals surface area contributed by atoms with E-state index >= 15 is 0 Å². The SMILES string of the molecule is Cc1nc(CN2CCC[C@@](O)(CNC(=O)c3ccccc3F)CC2)co1. The third-order valence-corrected chi connectivity index (χ3v) is 4.76. The third-order valence-electron chi connectivity index (χ3n) is 4.76. The lowest BCUT2D eigenvalue weighted by molar-refractivity contribution is 0.0248. The second-order valence-corrected chi connectivity index (χ2v) is 6.87. The zero-order valence-corrected chi connectivity index (χ0v) is 14.9. The van der Waals surface area contributed by atoms with Crippen LogP contribution in [0.3, 0.4) is 0 Å². The first kappa shape index (κ1) is 18.5. The number of oxazole rings is 1. The number of hydrogen-bond acceptors (Lipinski definition) is 5. The summed E-state index contributed by atoms with van der Waals surface area (Å²) in [7, 11) is 0. The number of aliphatic hydroxyl groups is 1. The molecular weight excluding hydrogens is 337 g/mol. The maximum absolute atomic E-state index is 13.7. The molecule has 26 heavy (non-hydrogen) atoms. The third kappa shape index (κ3) is 4.68. The standard InChI is InChI=1S/C19H24FN3O3/c1-14-22-15(12-26-14)11-23-9-4-7-19(25,8-10-23)13-21-18(24)16-5-2-3-6-17(16)20/h2-3,5-6,12,25H,4,7-11,13H2,1H3,(H,21,24)/t19-/m0/s1. The minimum atomic E-state index is -0.991. The second-order valence-electron chi connectivity index (χ2n) is 6.87. The van der Waals surface area contributed by atoms with E-state index in [2.05, 4.69) is 15.2 Å². The minimum Gasteiger partial charge on any atom is -0.449 e. The van der Waals surface area contributed by atoms with Crippen LogP contribution in [0.5, 0.6) is 0 Å². The number of likely N-dealkylation sites (tertiary alicyclic amines) is 1. The van der Waals surface area contributed by atoms with E-state index in [1.54, 1.807) is 12.3 Å². The van der Waals surface area contributed by atoms with Gasteiger partial charge in [0.15, 0.2) is 5.89 Å². The monoisotopic (exact) mass is 361 g/mol. The van der Waals surface area contributed by atoms with Gasteiger partial charge in [-0.05, 0) is 37.9 Å². The molecule has 3 rings (SSSR count). The summed E-state index contributed by atoms with van der Waals surface area (Å²) >= 11 is 0. The molecule has 1 amide bonds. The molecule has 0 bridgehead atoms. The summed E-state index contributed by atoms with van der Waals surface area (Å²) in [6.07, 6.45) is 3.57. The number of carbonyl (C=O) groups excluding carboxylic acids is 1. The summed E-state index contributed by atoms with van der Waals surface area (Å²) in [6.45, 7) is 4.13. The summed E-state index contributed by atoms with van der Waals surface area (Å²) in [5.41, 5.74) is -0.122. The Morgan fingerprint density at radius 3 is 2.92 bits per heavy atom. The first-order valence-corrected chi connectivity index (χ1v) is 8.84. The zero-order chi connectivity index (χ0) is 18.6. The Morgan fingerprint density at radius 2 is 2.19 bits per heavy atom. The Hall–Kier alpha value is -2.25. The molecule has 6 nitrogen and oxygen atoms in total. The van der Waals surface area contributed by atoms with Crippen LogP contribution in [0.2, 0.25) is 0 Å². The van der Waals surface area contributed by atoms with E-state index in [9.17, 15) is 14.3 Å². The molecule has 1 saturated heterocycles. The molecule has 0 saturated carbocycles. The quantitative estimate of drug-likeness (QED) is 0.854. The molecule has 2 heterocycles. The van der Waals surface area contributed by atoms with Crippen molar-refractivity contribution in [2.45, 2.75) is 38.3 Å². The van der Waals surface area contributed by atoms with Crippen LogP contribution in [0, 0.1) is 12.7 Å². The summed E-state index contributed by atoms with van der Waals surface area (Å²) < 4.78 is 18.9. The average Bonchev–Trinajstić information content (AvgIpc) is 2.93. The molecule has 1 fully saturated rings. The van der Waals surface area contributed by atoms with E-state index in [1.807, 2.05) is 6.92 Å². The fourth-order valence-electron chi connectivity index (χ4n) is 3.26. The van der Waals surface area contributed by atoms with Gasteiger partial charge in [-0.15, -0.1) is 0 Å². The van der Waals surface area contributed by atoms with E-state index in [4.69, 9.17) is 4.42 Å². The molecule has 0 radical (unpaired) electrons. The average molecular weight is 361 g/mol. The number of amides is 1. The van der Waals surface area contributed by atoms with Crippen molar-refractivity contribution in [1.82, 2.24) is 15.2 Å². The van der Waals surface area contributed by atoms with Crippen LogP contribution in [0.25, 0.3) is 0 Å². The lowest BCUT2D eigenvalue weighted by atomic mass is 9.94. The van der Waals surface area contributed by atoms with Gasteiger partial charge in [0.1, 0.15) is 12.1 Å². The summed E-state index contributed by atoms with van der Waals surface area (Å²) in [6, 6.07) is 5.83. The van der Waals surface area contributed by atoms with Crippen LogP contribution in [0.15, 0.2) is 34.9 Å². The zero-order valence-electron chi connectivity index (χ0n) is 14.9. The number of aromatic nitrogens is 1. The molecule has 0 unspecified atom stereocenters. The fraction of sp³-hybridized carbons (Fsp3) is 0.474. The molecule has 1 atom stereocenters. The maximum atomic E-state index is 13.7. The fourth-order valence-corrected chi connectivity index (χ4v) is 3.26. The molecule has 1 aliphatic heterocycles. The molecule has 2 N–H and O–H groups in total. The lowest BCUT2D eigenvalue weighted by Crippen LogP contribution is -2.43. The topological polar surface area (TPSA) is 78.6 Å². The Morgan fingerprint density at radius 1 is 1.38 bits per heavy atom. The molecule has 0 aliphatic carbocycles. The molecule has 2 aromatic rings. The summed E-state index contributed by atoms with van der Waals surface area (Å²) in [5.74, 6) is -0.426. The van der Waals surface area contributed by atoms with Gasteiger partial charge in [-0.2, -0.15) is 0 Å². The Bertz CT molecular complexity index is 764. The second kappa shape index (κ2) is 7.97. The van der Waals surface area contributed by atoms with E-state index < -0.39 is 17.3 Å². The van der Waals surface area contributed by atoms with Crippen molar-refractivity contribution in [3.8, 4) is 0 Å². The first-order valence-electron chi connectivity index (χ1n) is 8.84. The number of carbonyl (C=O) groups is 1. The molecule has 0 spiro atoms. The maximum Gasteiger partial charge on any atom is 0.254 e. The van der Waals surface area contributed by atoms with E-state index in [-0.39, 0.29) is 12.1 Å². The van der Waals surface area contributed by atoms with E-state index in [0.717, 1.165) is 18.7 Å². The Kier molecular flexibility index (Phi) is 5.68. The molecule has 140 valence electrons. The predicted molar refractivity (Wildman–Crippen MR) is 94.1 cm³/mol. The molecule has 1 aromatic heterocycles. The van der Waals surface area contributed by atoms with Crippen molar-refractivity contribution >= 4 is 5.91 Å². The smallest absolute Gasteiger partial charge is 0.254 e. The van der Waals surface area contributed by atoms with Crippen molar-refractivity contribution in [2.75, 3.05) is 19.6 Å². The van der Waals surface area contributed by atoms with Crippen LogP contribution in [0.4, 0.5) is 4.39 Å². The van der Waals surface area contributed by atoms with Gasteiger partial charge in [0, 0.05) is 26.6 Å². The predicted octanol–water partition coefficient (Wildman–Crippen LogP) is 2.27. The summed E-state index contributed by atoms with van der Waals surface area (Å²) in [4.78, 5) is 18.7. The van der Waals surface area contributed by atoms with Gasteiger partial charge in [0.05, 0.1) is 16.9 Å². The van der Waals surface area contributed by atoms with Crippen LogP contribution in [0.1, 0.15) is 41.2 Å². The number of hydrogen-bond donors (Lipinski definition) is 2. The molecule has 7 heteroatoms. The van der Waals surface area contributed by atoms with Crippen LogP contribution >= 0.6 is 0 Å². The number of halogens is 1. The van der Waals surface area contributed by atoms with E-state index in [1.165, 1.54) is 18.2 Å². The summed E-state index contributed by atoms with van der Waals surface area (Å²) in [5, 5.41) is 13.5. The van der Waals surface area contributed by atoms with E-state index in [0.29, 0.717) is 31.8 Å². The first-order chi connectivity index (χ1) is 12.5. The largest absolute Gasteiger partial charge is 0.449 e. The van der Waals surface area contributed by atoms with Gasteiger partial charge in [-0.25, -0.2) is 9.37 Å². The molecule has 1 aliphatic rings. The highest BCUT2D eigenvalue weighted by atomic mass is 19.1. The highest BCUT2D eigenvalue weighted by Crippen LogP contribution is 2.23. The molecular formula is C19H24FN3O3. The van der Waals surface area contributed by atoms with Crippen molar-refractivity contribution in [3.63, 3.8) is 0 Å². The van der Waals surface area contributed by atoms with Crippen molar-refractivity contribution in [1.29, 1.82) is 0 Å². The van der Waals surface area contributed by atoms with Crippen LogP contribution in [-0.2, 0) is 6.54 Å². The Labute approximate surface area is 152 Å². The van der Waals surface area contributed by atoms with Gasteiger partial charge >= 0.3 is 0 Å². The highest BCUT2D eigenvalue weighted by molar-refractivity contribution is 5.94. The molecule has 1 aromatic carbocycles. The number of benzene rings is 1. The number of aryl methyl sites for hydroxylation is 1. The lowest BCUT2D eigenvalue weighted by Gasteiger charge is -2.27. The van der Waals surface area contributed by atoms with Crippen molar-refractivity contribution in [3.05, 3.63) is 53.5 Å². The number of nitrogens with zero attached hydrogens (tertiary/aromatic N) is 2. The highest BCUT2D eigenvalue weighted by Gasteiger charge is 2.31. The van der Waals surface area contributed by atoms with Gasteiger partial charge in [-0.1, -0.05) is 12.1 Å². The van der Waals surface area contributed by atoms with Gasteiger partial charge < -0.3 is 14.8 Å². The van der Waals surface area contributed by atoms with Crippen LogP contribution < -0.4 is 5.32 Å². The van der Waals surface area contributed by atoms with Crippen molar-refractivity contribution in [2.24, 2.45) is 0 Å². The Balaban J connectivity index is 1.53. The van der Waals surface area contributed by atoms with Gasteiger partial charge in [0.25, 0.3) is 5.91 Å². The number of rotatable bonds is 5. The minimum absolute atomic E-state index is 0.00671.